The molecule has 0 aliphatic carbocycles. The molecular weight excluding hydrogens is 398 g/mol. The lowest BCUT2D eigenvalue weighted by molar-refractivity contribution is -0.144. The zero-order valence-corrected chi connectivity index (χ0v) is 17.9. The van der Waals surface area contributed by atoms with Crippen molar-refractivity contribution in [3.05, 3.63) is 58.9 Å². The summed E-state index contributed by atoms with van der Waals surface area (Å²) in [6.45, 7) is 4.89. The Morgan fingerprint density at radius 3 is 2.65 bits per heavy atom. The molecule has 1 aliphatic rings. The third-order valence-electron chi connectivity index (χ3n) is 5.51. The zero-order valence-electron chi connectivity index (χ0n) is 17.9. The lowest BCUT2D eigenvalue weighted by Crippen LogP contribution is -2.46. The number of benzene rings is 1. The molecule has 31 heavy (non-hydrogen) atoms. The van der Waals surface area contributed by atoms with Gasteiger partial charge >= 0.3 is 12.0 Å². The number of hydrogen-bond donors (Lipinski definition) is 2. The van der Waals surface area contributed by atoms with Gasteiger partial charge in [0.15, 0.2) is 6.61 Å². The molecule has 1 fully saturated rings. The van der Waals surface area contributed by atoms with Crippen LogP contribution < -0.4 is 11.1 Å². The van der Waals surface area contributed by atoms with E-state index in [0.29, 0.717) is 12.1 Å². The van der Waals surface area contributed by atoms with Gasteiger partial charge in [0.2, 0.25) is 5.78 Å². The smallest absolute Gasteiger partial charge is 0.329 e. The number of ketones is 1. The van der Waals surface area contributed by atoms with Gasteiger partial charge in [-0.15, -0.1) is 0 Å². The largest absolute Gasteiger partial charge is 0.456 e. The molecule has 2 atom stereocenters. The topological polar surface area (TPSA) is 113 Å². The molecule has 8 heteroatoms. The SMILES string of the molecule is Cc1cc(C(=O)COC(=O)[C@H](Cc2ccccc2)NC(N)=O)c(C)n1C[C@@H]1CCCO1. The molecule has 0 bridgehead atoms. The summed E-state index contributed by atoms with van der Waals surface area (Å²) in [4.78, 5) is 36.6. The van der Waals surface area contributed by atoms with Gasteiger partial charge in [-0.2, -0.15) is 0 Å². The Morgan fingerprint density at radius 1 is 1.26 bits per heavy atom. The monoisotopic (exact) mass is 427 g/mol. The van der Waals surface area contributed by atoms with Gasteiger partial charge in [0, 0.05) is 36.5 Å². The van der Waals surface area contributed by atoms with Gasteiger partial charge in [0.05, 0.1) is 6.10 Å². The summed E-state index contributed by atoms with van der Waals surface area (Å²) in [6.07, 6.45) is 2.43. The van der Waals surface area contributed by atoms with Crippen LogP contribution in [0, 0.1) is 13.8 Å². The maximum atomic E-state index is 12.7. The number of primary amides is 1. The molecule has 1 aliphatic heterocycles. The van der Waals surface area contributed by atoms with Crippen LogP contribution in [0.15, 0.2) is 36.4 Å². The van der Waals surface area contributed by atoms with Crippen molar-refractivity contribution in [2.75, 3.05) is 13.2 Å². The number of urea groups is 1. The standard InChI is InChI=1S/C23H29N3O5/c1-15-11-19(16(2)26(15)13-18-9-6-10-30-18)21(27)14-31-22(28)20(25-23(24)29)12-17-7-4-3-5-8-17/h3-5,7-8,11,18,20H,6,9-10,12-14H2,1-2H3,(H3,24,25,29)/t18-,20-/m0/s1. The highest BCUT2D eigenvalue weighted by Crippen LogP contribution is 2.21. The molecule has 0 radical (unpaired) electrons. The highest BCUT2D eigenvalue weighted by molar-refractivity contribution is 5.99. The molecule has 2 amide bonds. The predicted octanol–water partition coefficient (Wildman–Crippen LogP) is 2.29. The first-order valence-electron chi connectivity index (χ1n) is 10.4. The highest BCUT2D eigenvalue weighted by Gasteiger charge is 2.25. The Balaban J connectivity index is 1.62. The molecule has 3 N–H and O–H groups in total. The molecule has 166 valence electrons. The Bertz CT molecular complexity index is 932. The van der Waals surface area contributed by atoms with Crippen molar-refractivity contribution in [3.8, 4) is 0 Å². The van der Waals surface area contributed by atoms with Gasteiger partial charge in [0.25, 0.3) is 0 Å². The first-order valence-corrected chi connectivity index (χ1v) is 10.4. The zero-order chi connectivity index (χ0) is 22.4. The molecule has 1 saturated heterocycles. The van der Waals surface area contributed by atoms with Crippen LogP contribution in [0.3, 0.4) is 0 Å². The molecule has 2 heterocycles. The van der Waals surface area contributed by atoms with Gasteiger partial charge < -0.3 is 25.1 Å². The minimum absolute atomic E-state index is 0.157. The van der Waals surface area contributed by atoms with Crippen LogP contribution in [-0.4, -0.2) is 47.7 Å². The van der Waals surface area contributed by atoms with Crippen molar-refractivity contribution in [1.82, 2.24) is 9.88 Å². The number of nitrogens with two attached hydrogens (primary N) is 1. The molecule has 1 aromatic carbocycles. The number of amides is 2. The second kappa shape index (κ2) is 10.3. The molecule has 8 nitrogen and oxygen atoms in total. The number of rotatable bonds is 9. The number of aromatic nitrogens is 1. The van der Waals surface area contributed by atoms with E-state index >= 15 is 0 Å². The van der Waals surface area contributed by atoms with Crippen LogP contribution in [0.5, 0.6) is 0 Å². The Kier molecular flexibility index (Phi) is 7.46. The van der Waals surface area contributed by atoms with E-state index in [0.717, 1.165) is 36.4 Å². The highest BCUT2D eigenvalue weighted by atomic mass is 16.5. The van der Waals surface area contributed by atoms with E-state index in [-0.39, 0.29) is 18.3 Å². The lowest BCUT2D eigenvalue weighted by atomic mass is 10.1. The molecule has 2 aromatic rings. The summed E-state index contributed by atoms with van der Waals surface area (Å²) in [7, 11) is 0. The van der Waals surface area contributed by atoms with Crippen LogP contribution in [0.2, 0.25) is 0 Å². The third kappa shape index (κ3) is 5.95. The minimum Gasteiger partial charge on any atom is -0.456 e. The molecule has 1 aromatic heterocycles. The minimum atomic E-state index is -0.973. The van der Waals surface area contributed by atoms with E-state index in [1.54, 1.807) is 0 Å². The number of carbonyl (C=O) groups is 3. The number of nitrogens with one attached hydrogen (secondary N) is 1. The summed E-state index contributed by atoms with van der Waals surface area (Å²) in [6, 6.07) is 9.18. The molecule has 3 rings (SSSR count). The number of ether oxygens (including phenoxy) is 2. The number of Topliss-reactive ketones (excluding diaryl/α,β-unsaturated/α-hetero) is 1. The predicted molar refractivity (Wildman–Crippen MR) is 115 cm³/mol. The van der Waals surface area contributed by atoms with E-state index in [1.807, 2.05) is 50.2 Å². The van der Waals surface area contributed by atoms with Crippen molar-refractivity contribution in [1.29, 1.82) is 0 Å². The summed E-state index contributed by atoms with van der Waals surface area (Å²) in [5.74, 6) is -0.998. The maximum absolute atomic E-state index is 12.7. The normalized spacial score (nSPS) is 16.6. The number of carbonyl (C=O) groups excluding carboxylic acids is 3. The number of hydrogen-bond acceptors (Lipinski definition) is 5. The van der Waals surface area contributed by atoms with Crippen molar-refractivity contribution >= 4 is 17.8 Å². The third-order valence-corrected chi connectivity index (χ3v) is 5.51. The molecule has 0 unspecified atom stereocenters. The molecule has 0 spiro atoms. The number of esters is 1. The fourth-order valence-corrected chi connectivity index (χ4v) is 3.89. The van der Waals surface area contributed by atoms with Gasteiger partial charge in [-0.25, -0.2) is 9.59 Å². The van der Waals surface area contributed by atoms with Crippen molar-refractivity contribution in [3.63, 3.8) is 0 Å². The average molecular weight is 428 g/mol. The van der Waals surface area contributed by atoms with Gasteiger partial charge in [-0.1, -0.05) is 30.3 Å². The van der Waals surface area contributed by atoms with Gasteiger partial charge in [0.1, 0.15) is 6.04 Å². The van der Waals surface area contributed by atoms with Crippen LogP contribution in [0.25, 0.3) is 0 Å². The van der Waals surface area contributed by atoms with Crippen LogP contribution in [0.4, 0.5) is 4.79 Å². The summed E-state index contributed by atoms with van der Waals surface area (Å²) in [5.41, 5.74) is 8.34. The van der Waals surface area contributed by atoms with E-state index in [1.165, 1.54) is 0 Å². The van der Waals surface area contributed by atoms with Gasteiger partial charge in [-0.3, -0.25) is 4.79 Å². The Labute approximate surface area is 181 Å². The summed E-state index contributed by atoms with van der Waals surface area (Å²) in [5, 5.41) is 2.39. The summed E-state index contributed by atoms with van der Waals surface area (Å²) >= 11 is 0. The van der Waals surface area contributed by atoms with Crippen LogP contribution >= 0.6 is 0 Å². The number of nitrogens with zero attached hydrogens (tertiary/aromatic N) is 1. The second-order valence-corrected chi connectivity index (χ2v) is 7.81. The van der Waals surface area contributed by atoms with E-state index in [9.17, 15) is 14.4 Å². The lowest BCUT2D eigenvalue weighted by Gasteiger charge is -2.16. The van der Waals surface area contributed by atoms with Crippen molar-refractivity contribution in [2.24, 2.45) is 5.73 Å². The van der Waals surface area contributed by atoms with Gasteiger partial charge in [-0.05, 0) is 38.3 Å². The van der Waals surface area contributed by atoms with Crippen LogP contribution in [-0.2, 0) is 27.2 Å². The molecule has 0 saturated carbocycles. The Morgan fingerprint density at radius 2 is 2.00 bits per heavy atom. The maximum Gasteiger partial charge on any atom is 0.329 e. The van der Waals surface area contributed by atoms with E-state index in [4.69, 9.17) is 15.2 Å². The first kappa shape index (κ1) is 22.6. The van der Waals surface area contributed by atoms with E-state index < -0.39 is 24.6 Å². The second-order valence-electron chi connectivity index (χ2n) is 7.81. The van der Waals surface area contributed by atoms with Crippen molar-refractivity contribution in [2.45, 2.75) is 51.8 Å². The first-order chi connectivity index (χ1) is 14.8. The van der Waals surface area contributed by atoms with Crippen molar-refractivity contribution < 1.29 is 23.9 Å². The molecular formula is C23H29N3O5. The fourth-order valence-electron chi connectivity index (χ4n) is 3.89. The number of aryl methyl sites for hydroxylation is 1. The van der Waals surface area contributed by atoms with Crippen LogP contribution in [0.1, 0.15) is 40.2 Å². The van der Waals surface area contributed by atoms with E-state index in [2.05, 4.69) is 9.88 Å². The Hall–Kier alpha value is -3.13. The average Bonchev–Trinajstić information content (AvgIpc) is 3.35. The summed E-state index contributed by atoms with van der Waals surface area (Å²) < 4.78 is 13.0. The quantitative estimate of drug-likeness (QED) is 0.471. The fraction of sp³-hybridized carbons (Fsp3) is 0.435.